The Morgan fingerprint density at radius 1 is 0.422 bits per heavy atom. The molecule has 304 valence electrons. The Morgan fingerprint density at radius 2 is 0.906 bits per heavy atom. The molecule has 1 aromatic heterocycles. The van der Waals surface area contributed by atoms with Crippen LogP contribution in [-0.4, -0.2) is 10.4 Å². The van der Waals surface area contributed by atoms with Gasteiger partial charge < -0.3 is 15.2 Å². The van der Waals surface area contributed by atoms with E-state index in [0.29, 0.717) is 5.84 Å². The van der Waals surface area contributed by atoms with Crippen LogP contribution in [0, 0.1) is 0 Å². The second-order valence-electron chi connectivity index (χ2n) is 15.9. The predicted molar refractivity (Wildman–Crippen MR) is 270 cm³/mol. The number of aromatic nitrogens is 1. The fraction of sp³-hybridized carbons (Fsp3) is 0. The first kappa shape index (κ1) is 38.3. The van der Waals surface area contributed by atoms with E-state index in [1.165, 1.54) is 49.3 Å². The lowest BCUT2D eigenvalue weighted by Gasteiger charge is -2.26. The van der Waals surface area contributed by atoms with Crippen LogP contribution in [0.5, 0.6) is 0 Å². The normalized spacial score (nSPS) is 11.6. The number of anilines is 4. The van der Waals surface area contributed by atoms with Crippen LogP contribution in [0.4, 0.5) is 22.7 Å². The monoisotopic (exact) mass is 821 g/mol. The number of hydrazone groups is 1. The number of nitrogens with zero attached hydrogens (tertiary/aromatic N) is 3. The standard InChI is InChI=1S/C59H43N5/c60-59(45-16-5-2-6-17-45)62-61-47-21-11-20-46(40-47)53-25-13-19-44-18-12-24-52(58(44)53)43-30-34-49(35-31-43)63(48-32-28-42(29-33-48)41-14-3-1-4-15-41)50-36-38-51(39-37-50)64-56-26-9-7-22-54(56)55-23-8-10-27-57(55)64/h1-40,61H,(H2,60,62). The number of nitrogens with one attached hydrogen (secondary N) is 1. The van der Waals surface area contributed by atoms with Crippen LogP contribution in [0.2, 0.25) is 0 Å². The number of benzene rings is 10. The van der Waals surface area contributed by atoms with E-state index in [-0.39, 0.29) is 0 Å². The third kappa shape index (κ3) is 7.21. The molecule has 1 heterocycles. The van der Waals surface area contributed by atoms with Gasteiger partial charge in [0.05, 0.1) is 16.7 Å². The highest BCUT2D eigenvalue weighted by molar-refractivity contribution is 6.09. The third-order valence-corrected chi connectivity index (χ3v) is 12.1. The summed E-state index contributed by atoms with van der Waals surface area (Å²) >= 11 is 0. The summed E-state index contributed by atoms with van der Waals surface area (Å²) in [7, 11) is 0. The lowest BCUT2D eigenvalue weighted by molar-refractivity contribution is 1.17. The first-order chi connectivity index (χ1) is 31.7. The minimum Gasteiger partial charge on any atom is -0.382 e. The van der Waals surface area contributed by atoms with Crippen LogP contribution >= 0.6 is 0 Å². The summed E-state index contributed by atoms with van der Waals surface area (Å²) in [5.74, 6) is 0.432. The fourth-order valence-electron chi connectivity index (χ4n) is 9.00. The van der Waals surface area contributed by atoms with Crippen LogP contribution in [0.15, 0.2) is 248 Å². The maximum absolute atomic E-state index is 6.31. The zero-order valence-corrected chi connectivity index (χ0v) is 35.0. The van der Waals surface area contributed by atoms with E-state index in [4.69, 9.17) is 5.73 Å². The molecule has 0 bridgehead atoms. The lowest BCUT2D eigenvalue weighted by atomic mass is 9.91. The maximum Gasteiger partial charge on any atom is 0.150 e. The van der Waals surface area contributed by atoms with Crippen molar-refractivity contribution in [2.45, 2.75) is 0 Å². The smallest absolute Gasteiger partial charge is 0.150 e. The van der Waals surface area contributed by atoms with Crippen LogP contribution in [0.25, 0.3) is 71.6 Å². The summed E-state index contributed by atoms with van der Waals surface area (Å²) in [6.07, 6.45) is 0. The highest BCUT2D eigenvalue weighted by Crippen LogP contribution is 2.41. The van der Waals surface area contributed by atoms with Crippen molar-refractivity contribution in [3.63, 3.8) is 0 Å². The van der Waals surface area contributed by atoms with Gasteiger partial charge in [0.25, 0.3) is 0 Å². The highest BCUT2D eigenvalue weighted by atomic mass is 15.3. The molecule has 0 spiro atoms. The number of para-hydroxylation sites is 2. The molecular formula is C59H43N5. The van der Waals surface area contributed by atoms with Crippen LogP contribution in [0.3, 0.4) is 0 Å². The van der Waals surface area contributed by atoms with Crippen LogP contribution < -0.4 is 16.1 Å². The number of fused-ring (bicyclic) bond motifs is 4. The maximum atomic E-state index is 6.31. The van der Waals surface area contributed by atoms with Gasteiger partial charge in [-0.3, -0.25) is 5.43 Å². The molecule has 0 aliphatic carbocycles. The number of hydrogen-bond acceptors (Lipinski definition) is 3. The Balaban J connectivity index is 0.964. The summed E-state index contributed by atoms with van der Waals surface area (Å²) in [4.78, 5) is 2.34. The second kappa shape index (κ2) is 16.7. The lowest BCUT2D eigenvalue weighted by Crippen LogP contribution is -2.15. The molecule has 11 aromatic rings. The van der Waals surface area contributed by atoms with Gasteiger partial charge in [0.15, 0.2) is 5.84 Å². The largest absolute Gasteiger partial charge is 0.382 e. The van der Waals surface area contributed by atoms with Crippen molar-refractivity contribution in [3.8, 4) is 39.1 Å². The van der Waals surface area contributed by atoms with Gasteiger partial charge in [0.2, 0.25) is 0 Å². The van der Waals surface area contributed by atoms with E-state index in [1.807, 2.05) is 36.4 Å². The Labute approximate surface area is 372 Å². The van der Waals surface area contributed by atoms with E-state index in [1.54, 1.807) is 0 Å². The molecule has 0 radical (unpaired) electrons. The van der Waals surface area contributed by atoms with Gasteiger partial charge in [-0.1, -0.05) is 170 Å². The summed E-state index contributed by atoms with van der Waals surface area (Å²) in [6, 6.07) is 85.8. The fourth-order valence-corrected chi connectivity index (χ4v) is 9.00. The molecule has 0 aliphatic heterocycles. The second-order valence-corrected chi connectivity index (χ2v) is 15.9. The van der Waals surface area contributed by atoms with Gasteiger partial charge in [-0.25, -0.2) is 0 Å². The highest BCUT2D eigenvalue weighted by Gasteiger charge is 2.17. The number of amidine groups is 1. The zero-order chi connectivity index (χ0) is 42.8. The summed E-state index contributed by atoms with van der Waals surface area (Å²) < 4.78 is 2.36. The summed E-state index contributed by atoms with van der Waals surface area (Å²) in [5, 5.41) is 9.35. The van der Waals surface area contributed by atoms with Gasteiger partial charge in [-0.2, -0.15) is 5.10 Å². The van der Waals surface area contributed by atoms with E-state index in [9.17, 15) is 0 Å². The molecule has 0 saturated carbocycles. The van der Waals surface area contributed by atoms with Crippen molar-refractivity contribution in [2.75, 3.05) is 10.3 Å². The zero-order valence-electron chi connectivity index (χ0n) is 35.0. The van der Waals surface area contributed by atoms with Gasteiger partial charge in [-0.15, -0.1) is 0 Å². The summed E-state index contributed by atoms with van der Waals surface area (Å²) in [5.41, 5.74) is 24.8. The van der Waals surface area contributed by atoms with Gasteiger partial charge in [-0.05, 0) is 117 Å². The Kier molecular flexibility index (Phi) is 9.96. The molecule has 10 aromatic carbocycles. The molecule has 0 atom stereocenters. The molecular weight excluding hydrogens is 779 g/mol. The van der Waals surface area contributed by atoms with Gasteiger partial charge in [0.1, 0.15) is 0 Å². The number of rotatable bonds is 10. The van der Waals surface area contributed by atoms with Gasteiger partial charge in [0, 0.05) is 39.1 Å². The minimum atomic E-state index is 0.432. The van der Waals surface area contributed by atoms with Crippen molar-refractivity contribution in [1.29, 1.82) is 0 Å². The topological polar surface area (TPSA) is 58.6 Å². The molecule has 0 amide bonds. The van der Waals surface area contributed by atoms with Crippen molar-refractivity contribution >= 4 is 61.2 Å². The average molecular weight is 822 g/mol. The molecule has 0 aliphatic rings. The van der Waals surface area contributed by atoms with E-state index in [2.05, 4.69) is 226 Å². The molecule has 64 heavy (non-hydrogen) atoms. The quantitative estimate of drug-likeness (QED) is 0.0821. The molecule has 3 N–H and O–H groups in total. The Morgan fingerprint density at radius 3 is 1.53 bits per heavy atom. The SMILES string of the molecule is N/C(=N\Nc1cccc(-c2cccc3cccc(-c4ccc(N(c5ccc(-c6ccccc6)cc5)c5ccc(-n6c7ccccc7c7ccccc76)cc5)cc4)c23)c1)c1ccccc1. The molecule has 5 heteroatoms. The molecule has 5 nitrogen and oxygen atoms in total. The first-order valence-electron chi connectivity index (χ1n) is 21.6. The van der Waals surface area contributed by atoms with Crippen LogP contribution in [-0.2, 0) is 0 Å². The molecule has 0 saturated heterocycles. The van der Waals surface area contributed by atoms with Crippen molar-refractivity contribution < 1.29 is 0 Å². The predicted octanol–water partition coefficient (Wildman–Crippen LogP) is 15.1. The molecule has 0 unspecified atom stereocenters. The molecule has 11 rings (SSSR count). The number of hydrogen-bond donors (Lipinski definition) is 2. The van der Waals surface area contributed by atoms with Gasteiger partial charge >= 0.3 is 0 Å². The first-order valence-corrected chi connectivity index (χ1v) is 21.6. The average Bonchev–Trinajstić information content (AvgIpc) is 3.71. The number of nitrogens with two attached hydrogens (primary N) is 1. The minimum absolute atomic E-state index is 0.432. The van der Waals surface area contributed by atoms with E-state index >= 15 is 0 Å². The molecule has 0 fully saturated rings. The van der Waals surface area contributed by atoms with Crippen molar-refractivity contribution in [3.05, 3.63) is 248 Å². The Bertz CT molecular complexity index is 3390. The van der Waals surface area contributed by atoms with Crippen LogP contribution in [0.1, 0.15) is 5.56 Å². The van der Waals surface area contributed by atoms with Crippen molar-refractivity contribution in [1.82, 2.24) is 4.57 Å². The van der Waals surface area contributed by atoms with E-state index < -0.39 is 0 Å². The Hall–Kier alpha value is -8.67. The van der Waals surface area contributed by atoms with Crippen molar-refractivity contribution in [2.24, 2.45) is 10.8 Å². The summed E-state index contributed by atoms with van der Waals surface area (Å²) in [6.45, 7) is 0. The van der Waals surface area contributed by atoms with E-state index in [0.717, 1.165) is 50.7 Å². The third-order valence-electron chi connectivity index (χ3n) is 12.1.